The number of benzene rings is 3. The quantitative estimate of drug-likeness (QED) is 0.272. The Bertz CT molecular complexity index is 1610. The lowest BCUT2D eigenvalue weighted by molar-refractivity contribution is 0.0964. The number of amides is 1. The van der Waals surface area contributed by atoms with Gasteiger partial charge in [-0.05, 0) is 72.2 Å². The van der Waals surface area contributed by atoms with Crippen molar-refractivity contribution in [2.45, 2.75) is 13.0 Å². The molecule has 6 heteroatoms. The Morgan fingerprint density at radius 1 is 1.03 bits per heavy atom. The van der Waals surface area contributed by atoms with E-state index in [1.54, 1.807) is 19.2 Å². The Hall–Kier alpha value is -4.71. The van der Waals surface area contributed by atoms with E-state index in [0.717, 1.165) is 22.3 Å². The molecule has 1 amide bonds. The van der Waals surface area contributed by atoms with Crippen LogP contribution in [0, 0.1) is 5.82 Å². The normalized spacial score (nSPS) is 15.2. The lowest BCUT2D eigenvalue weighted by Gasteiger charge is -2.06. The van der Waals surface area contributed by atoms with E-state index >= 15 is 0 Å². The average Bonchev–Trinajstić information content (AvgIpc) is 3.59. The molecular formula is C32H27FN2O3. The summed E-state index contributed by atoms with van der Waals surface area (Å²) < 4.78 is 25.5. The molecule has 1 aliphatic heterocycles. The summed E-state index contributed by atoms with van der Waals surface area (Å²) in [6.07, 6.45) is 7.79. The number of carbonyl (C=O) groups is 1. The first-order chi connectivity index (χ1) is 18.5. The van der Waals surface area contributed by atoms with E-state index in [1.807, 2.05) is 73.7 Å². The maximum atomic E-state index is 13.5. The van der Waals surface area contributed by atoms with Gasteiger partial charge in [0.25, 0.3) is 5.91 Å². The molecule has 1 N–H and O–H groups in total. The minimum Gasteiger partial charge on any atom is -0.475 e. The van der Waals surface area contributed by atoms with E-state index in [-0.39, 0.29) is 17.8 Å². The fraction of sp³-hybridized carbons (Fsp3) is 0.125. The molecule has 0 saturated carbocycles. The number of aliphatic imine (C=N–C) groups is 1. The van der Waals surface area contributed by atoms with Gasteiger partial charge in [0.1, 0.15) is 29.8 Å². The third-order valence-electron chi connectivity index (χ3n) is 6.38. The Kier molecular flexibility index (Phi) is 7.05. The summed E-state index contributed by atoms with van der Waals surface area (Å²) in [6.45, 7) is 6.53. The van der Waals surface area contributed by atoms with Gasteiger partial charge in [0.2, 0.25) is 5.90 Å². The largest absolute Gasteiger partial charge is 0.475 e. The molecule has 4 aromatic rings. The molecule has 0 spiro atoms. The molecule has 1 aliphatic rings. The van der Waals surface area contributed by atoms with Crippen LogP contribution in [0.5, 0.6) is 0 Å². The fourth-order valence-electron chi connectivity index (χ4n) is 4.39. The Morgan fingerprint density at radius 3 is 2.53 bits per heavy atom. The third-order valence-corrected chi connectivity index (χ3v) is 6.38. The Balaban J connectivity index is 1.51. The van der Waals surface area contributed by atoms with Crippen molar-refractivity contribution >= 4 is 22.8 Å². The van der Waals surface area contributed by atoms with Crippen molar-refractivity contribution in [1.29, 1.82) is 0 Å². The lowest BCUT2D eigenvalue weighted by Crippen LogP contribution is -2.18. The van der Waals surface area contributed by atoms with Gasteiger partial charge < -0.3 is 14.5 Å². The molecule has 0 aliphatic carbocycles. The molecule has 1 aromatic heterocycles. The average molecular weight is 507 g/mol. The number of nitrogens with zero attached hydrogens (tertiary/aromatic N) is 1. The number of rotatable bonds is 7. The number of hydrogen-bond donors (Lipinski definition) is 1. The highest BCUT2D eigenvalue weighted by Gasteiger charge is 2.23. The number of halogens is 1. The van der Waals surface area contributed by atoms with Gasteiger partial charge in [-0.15, -0.1) is 0 Å². The van der Waals surface area contributed by atoms with Gasteiger partial charge in [-0.3, -0.25) is 4.79 Å². The molecule has 0 bridgehead atoms. The van der Waals surface area contributed by atoms with Crippen molar-refractivity contribution in [1.82, 2.24) is 5.32 Å². The molecule has 190 valence electrons. The standard InChI is InChI=1S/C32H27FN2O3/c1-4-5-6-8-20(2)27-19-37-32(35-27)24-10-7-9-22(17-24)23-13-16-28-26(18-23)29(31(36)34-3)30(38-28)21-11-14-25(33)15-12-21/h4-18,27H,2,19H2,1,3H3,(H,34,36). The number of furan rings is 1. The highest BCUT2D eigenvalue weighted by molar-refractivity contribution is 6.12. The minimum atomic E-state index is -0.356. The van der Waals surface area contributed by atoms with Gasteiger partial charge in [-0.2, -0.15) is 0 Å². The highest BCUT2D eigenvalue weighted by Crippen LogP contribution is 2.36. The molecule has 5 rings (SSSR count). The van der Waals surface area contributed by atoms with Gasteiger partial charge in [0.15, 0.2) is 0 Å². The smallest absolute Gasteiger partial charge is 0.255 e. The lowest BCUT2D eigenvalue weighted by atomic mass is 9.99. The zero-order valence-electron chi connectivity index (χ0n) is 21.2. The van der Waals surface area contributed by atoms with Crippen molar-refractivity contribution in [3.8, 4) is 22.5 Å². The van der Waals surface area contributed by atoms with Crippen molar-refractivity contribution in [2.24, 2.45) is 4.99 Å². The summed E-state index contributed by atoms with van der Waals surface area (Å²) in [4.78, 5) is 17.6. The second kappa shape index (κ2) is 10.7. The molecule has 1 unspecified atom stereocenters. The van der Waals surface area contributed by atoms with E-state index < -0.39 is 0 Å². The van der Waals surface area contributed by atoms with E-state index in [4.69, 9.17) is 14.1 Å². The van der Waals surface area contributed by atoms with Gasteiger partial charge in [-0.25, -0.2) is 9.38 Å². The van der Waals surface area contributed by atoms with Crippen LogP contribution < -0.4 is 5.32 Å². The van der Waals surface area contributed by atoms with E-state index in [9.17, 15) is 9.18 Å². The summed E-state index contributed by atoms with van der Waals surface area (Å²) in [5.74, 6) is 0.336. The van der Waals surface area contributed by atoms with Crippen LogP contribution in [-0.4, -0.2) is 31.5 Å². The third kappa shape index (κ3) is 4.93. The molecule has 38 heavy (non-hydrogen) atoms. The molecular weight excluding hydrogens is 479 g/mol. The van der Waals surface area contributed by atoms with Crippen molar-refractivity contribution in [3.05, 3.63) is 120 Å². The number of fused-ring (bicyclic) bond motifs is 1. The topological polar surface area (TPSA) is 63.8 Å². The second-order valence-electron chi connectivity index (χ2n) is 8.90. The van der Waals surface area contributed by atoms with Crippen molar-refractivity contribution < 1.29 is 18.3 Å². The summed E-state index contributed by atoms with van der Waals surface area (Å²) in [6, 6.07) is 19.4. The predicted molar refractivity (Wildman–Crippen MR) is 150 cm³/mol. The van der Waals surface area contributed by atoms with Crippen LogP contribution in [0.4, 0.5) is 4.39 Å². The van der Waals surface area contributed by atoms with Crippen LogP contribution in [0.15, 0.2) is 113 Å². The van der Waals surface area contributed by atoms with Crippen LogP contribution in [0.3, 0.4) is 0 Å². The molecule has 0 fully saturated rings. The highest BCUT2D eigenvalue weighted by atomic mass is 19.1. The van der Waals surface area contributed by atoms with Crippen LogP contribution in [0.1, 0.15) is 22.8 Å². The first-order valence-corrected chi connectivity index (χ1v) is 12.3. The molecule has 0 saturated heterocycles. The molecule has 1 atom stereocenters. The zero-order valence-corrected chi connectivity index (χ0v) is 21.2. The molecule has 0 radical (unpaired) electrons. The Labute approximate surface area is 220 Å². The predicted octanol–water partition coefficient (Wildman–Crippen LogP) is 7.10. The van der Waals surface area contributed by atoms with E-state index in [2.05, 4.69) is 11.9 Å². The minimum absolute atomic E-state index is 0.127. The maximum absolute atomic E-state index is 13.5. The van der Waals surface area contributed by atoms with Crippen LogP contribution in [-0.2, 0) is 4.74 Å². The van der Waals surface area contributed by atoms with Gasteiger partial charge in [-0.1, -0.05) is 49.1 Å². The van der Waals surface area contributed by atoms with Gasteiger partial charge >= 0.3 is 0 Å². The zero-order chi connectivity index (χ0) is 26.6. The summed E-state index contributed by atoms with van der Waals surface area (Å²) in [7, 11) is 1.57. The maximum Gasteiger partial charge on any atom is 0.255 e. The molecule has 2 heterocycles. The van der Waals surface area contributed by atoms with Crippen molar-refractivity contribution in [2.75, 3.05) is 13.7 Å². The number of hydrogen-bond acceptors (Lipinski definition) is 4. The van der Waals surface area contributed by atoms with Gasteiger partial charge in [0.05, 0.1) is 5.56 Å². The van der Waals surface area contributed by atoms with Gasteiger partial charge in [0, 0.05) is 23.6 Å². The van der Waals surface area contributed by atoms with E-state index in [0.29, 0.717) is 40.4 Å². The number of nitrogens with one attached hydrogen (secondary N) is 1. The number of carbonyl (C=O) groups excluding carboxylic acids is 1. The number of allylic oxidation sites excluding steroid dienone is 3. The van der Waals surface area contributed by atoms with Crippen LogP contribution in [0.25, 0.3) is 33.4 Å². The van der Waals surface area contributed by atoms with Crippen LogP contribution in [0.2, 0.25) is 0 Å². The summed E-state index contributed by atoms with van der Waals surface area (Å²) in [5.41, 5.74) is 5.20. The Morgan fingerprint density at radius 2 is 1.76 bits per heavy atom. The van der Waals surface area contributed by atoms with E-state index in [1.165, 1.54) is 12.1 Å². The molecule has 5 nitrogen and oxygen atoms in total. The second-order valence-corrected chi connectivity index (χ2v) is 8.90. The fourth-order valence-corrected chi connectivity index (χ4v) is 4.39. The number of ether oxygens (including phenoxy) is 1. The van der Waals surface area contributed by atoms with Crippen molar-refractivity contribution in [3.63, 3.8) is 0 Å². The first kappa shape index (κ1) is 25.0. The molecule has 3 aromatic carbocycles. The first-order valence-electron chi connectivity index (χ1n) is 12.3. The summed E-state index contributed by atoms with van der Waals surface area (Å²) >= 11 is 0. The van der Waals surface area contributed by atoms with Crippen LogP contribution >= 0.6 is 0 Å². The SMILES string of the molecule is C=C(C=CC=CC)C1COC(c2cccc(-c3ccc4oc(-c5ccc(F)cc5)c(C(=O)NC)c4c3)c2)=N1. The summed E-state index contributed by atoms with van der Waals surface area (Å²) in [5, 5.41) is 3.37. The monoisotopic (exact) mass is 506 g/mol.